The van der Waals surface area contributed by atoms with Crippen molar-refractivity contribution in [2.75, 3.05) is 6.61 Å². The van der Waals surface area contributed by atoms with Crippen molar-refractivity contribution in [3.05, 3.63) is 35.4 Å². The molecule has 0 bridgehead atoms. The molecule has 1 aromatic rings. The highest BCUT2D eigenvalue weighted by Gasteiger charge is 2.19. The fourth-order valence-corrected chi connectivity index (χ4v) is 2.78. The van der Waals surface area contributed by atoms with E-state index in [2.05, 4.69) is 31.2 Å². The molecule has 3 atom stereocenters. The quantitative estimate of drug-likeness (QED) is 0.830. The Bertz CT molecular complexity index is 327. The van der Waals surface area contributed by atoms with Crippen molar-refractivity contribution in [1.29, 1.82) is 0 Å². The third-order valence-electron chi connectivity index (χ3n) is 2.48. The van der Waals surface area contributed by atoms with Gasteiger partial charge in [-0.25, -0.2) is 0 Å². The van der Waals surface area contributed by atoms with E-state index in [9.17, 15) is 0 Å². The normalized spacial score (nSPS) is 16.8. The summed E-state index contributed by atoms with van der Waals surface area (Å²) in [6.07, 6.45) is 0. The molecule has 3 unspecified atom stereocenters. The summed E-state index contributed by atoms with van der Waals surface area (Å²) >= 11 is 1.74. The number of aliphatic hydroxyl groups is 1. The predicted octanol–water partition coefficient (Wildman–Crippen LogP) is 2.50. The topological polar surface area (TPSA) is 46.2 Å². The monoisotopic (exact) mass is 239 g/mol. The maximum atomic E-state index is 9.11. The zero-order valence-electron chi connectivity index (χ0n) is 10.2. The minimum Gasteiger partial charge on any atom is -0.395 e. The first-order valence-electron chi connectivity index (χ1n) is 5.63. The maximum absolute atomic E-state index is 9.11. The second-order valence-corrected chi connectivity index (χ2v) is 5.91. The van der Waals surface area contributed by atoms with Crippen LogP contribution in [0, 0.1) is 6.92 Å². The van der Waals surface area contributed by atoms with Gasteiger partial charge < -0.3 is 10.8 Å². The van der Waals surface area contributed by atoms with E-state index in [1.165, 1.54) is 11.1 Å². The Labute approximate surface area is 102 Å². The average molecular weight is 239 g/mol. The Kier molecular flexibility index (Phi) is 5.32. The molecule has 0 amide bonds. The average Bonchev–Trinajstić information content (AvgIpc) is 2.25. The highest BCUT2D eigenvalue weighted by Crippen LogP contribution is 2.34. The maximum Gasteiger partial charge on any atom is 0.0547 e. The molecule has 16 heavy (non-hydrogen) atoms. The summed E-state index contributed by atoms with van der Waals surface area (Å²) in [6, 6.07) is 8.51. The van der Waals surface area contributed by atoms with Gasteiger partial charge in [0.15, 0.2) is 0 Å². The molecule has 0 spiro atoms. The molecule has 0 saturated carbocycles. The van der Waals surface area contributed by atoms with E-state index in [-0.39, 0.29) is 23.1 Å². The molecule has 0 radical (unpaired) electrons. The zero-order valence-corrected chi connectivity index (χ0v) is 11.0. The van der Waals surface area contributed by atoms with Gasteiger partial charge in [-0.15, -0.1) is 11.8 Å². The number of benzene rings is 1. The summed E-state index contributed by atoms with van der Waals surface area (Å²) < 4.78 is 0. The van der Waals surface area contributed by atoms with Gasteiger partial charge in [-0.1, -0.05) is 36.8 Å². The number of thioether (sulfide) groups is 1. The van der Waals surface area contributed by atoms with Gasteiger partial charge in [0, 0.05) is 16.5 Å². The van der Waals surface area contributed by atoms with Crippen molar-refractivity contribution >= 4 is 11.8 Å². The number of hydrogen-bond acceptors (Lipinski definition) is 3. The van der Waals surface area contributed by atoms with Crippen LogP contribution in [-0.4, -0.2) is 23.0 Å². The minimum absolute atomic E-state index is 0.0841. The third-order valence-corrected chi connectivity index (χ3v) is 4.09. The lowest BCUT2D eigenvalue weighted by Gasteiger charge is -2.23. The van der Waals surface area contributed by atoms with E-state index < -0.39 is 0 Å². The first-order valence-corrected chi connectivity index (χ1v) is 6.57. The van der Waals surface area contributed by atoms with Crippen LogP contribution in [0.25, 0.3) is 0 Å². The number of aliphatic hydroxyl groups excluding tert-OH is 1. The second kappa shape index (κ2) is 6.28. The van der Waals surface area contributed by atoms with E-state index in [0.29, 0.717) is 0 Å². The van der Waals surface area contributed by atoms with Gasteiger partial charge in [-0.2, -0.15) is 0 Å². The van der Waals surface area contributed by atoms with Crippen molar-refractivity contribution in [3.63, 3.8) is 0 Å². The second-order valence-electron chi connectivity index (χ2n) is 4.32. The molecule has 1 aromatic carbocycles. The number of hydrogen-bond donors (Lipinski definition) is 2. The van der Waals surface area contributed by atoms with Gasteiger partial charge in [-0.05, 0) is 19.4 Å². The highest BCUT2D eigenvalue weighted by atomic mass is 32.2. The van der Waals surface area contributed by atoms with Crippen molar-refractivity contribution in [2.45, 2.75) is 37.3 Å². The summed E-state index contributed by atoms with van der Waals surface area (Å²) in [5.41, 5.74) is 8.52. The van der Waals surface area contributed by atoms with Crippen LogP contribution in [-0.2, 0) is 0 Å². The van der Waals surface area contributed by atoms with E-state index in [0.717, 1.165) is 0 Å². The summed E-state index contributed by atoms with van der Waals surface area (Å²) in [5, 5.41) is 9.58. The lowest BCUT2D eigenvalue weighted by molar-refractivity contribution is 0.299. The first-order chi connectivity index (χ1) is 7.54. The van der Waals surface area contributed by atoms with Gasteiger partial charge >= 0.3 is 0 Å². The van der Waals surface area contributed by atoms with Crippen LogP contribution in [0.4, 0.5) is 0 Å². The molecular formula is C13H21NOS. The van der Waals surface area contributed by atoms with Crippen molar-refractivity contribution < 1.29 is 5.11 Å². The molecule has 3 N–H and O–H groups in total. The molecule has 0 aliphatic heterocycles. The van der Waals surface area contributed by atoms with Crippen molar-refractivity contribution in [3.8, 4) is 0 Å². The largest absolute Gasteiger partial charge is 0.395 e. The molecule has 0 aliphatic rings. The summed E-state index contributed by atoms with van der Waals surface area (Å²) in [7, 11) is 0. The molecular weight excluding hydrogens is 218 g/mol. The van der Waals surface area contributed by atoms with Crippen LogP contribution in [0.5, 0.6) is 0 Å². The third kappa shape index (κ3) is 3.81. The number of aryl methyl sites for hydroxylation is 1. The van der Waals surface area contributed by atoms with E-state index >= 15 is 0 Å². The molecule has 0 saturated heterocycles. The standard InChI is InChI=1S/C13H21NOS/c1-9-5-4-6-12(7-9)13(11(3)14)16-10(2)8-15/h4-7,10-11,13,15H,8,14H2,1-3H3. The zero-order chi connectivity index (χ0) is 12.1. The lowest BCUT2D eigenvalue weighted by Crippen LogP contribution is -2.24. The number of nitrogens with two attached hydrogens (primary N) is 1. The Morgan fingerprint density at radius 3 is 2.56 bits per heavy atom. The summed E-state index contributed by atoms with van der Waals surface area (Å²) in [5.74, 6) is 0. The van der Waals surface area contributed by atoms with Gasteiger partial charge in [0.25, 0.3) is 0 Å². The highest BCUT2D eigenvalue weighted by molar-refractivity contribution is 8.00. The van der Waals surface area contributed by atoms with Crippen LogP contribution in [0.15, 0.2) is 24.3 Å². The Morgan fingerprint density at radius 1 is 1.38 bits per heavy atom. The van der Waals surface area contributed by atoms with Gasteiger partial charge in [0.2, 0.25) is 0 Å². The molecule has 1 rings (SSSR count). The SMILES string of the molecule is Cc1cccc(C(SC(C)CO)C(C)N)c1. The Hall–Kier alpha value is -0.510. The molecule has 90 valence electrons. The predicted molar refractivity (Wildman–Crippen MR) is 71.7 cm³/mol. The van der Waals surface area contributed by atoms with E-state index in [1.807, 2.05) is 13.8 Å². The van der Waals surface area contributed by atoms with Gasteiger partial charge in [0.1, 0.15) is 0 Å². The van der Waals surface area contributed by atoms with Crippen molar-refractivity contribution in [1.82, 2.24) is 0 Å². The molecule has 2 nitrogen and oxygen atoms in total. The molecule has 3 heteroatoms. The van der Waals surface area contributed by atoms with E-state index in [4.69, 9.17) is 10.8 Å². The minimum atomic E-state index is 0.0841. The first kappa shape index (κ1) is 13.6. The van der Waals surface area contributed by atoms with Gasteiger partial charge in [0.05, 0.1) is 6.61 Å². The fraction of sp³-hybridized carbons (Fsp3) is 0.538. The molecule has 0 aromatic heterocycles. The molecule has 0 heterocycles. The summed E-state index contributed by atoms with van der Waals surface area (Å²) in [4.78, 5) is 0. The molecule has 0 fully saturated rings. The Morgan fingerprint density at radius 2 is 2.06 bits per heavy atom. The lowest BCUT2D eigenvalue weighted by atomic mass is 10.0. The van der Waals surface area contributed by atoms with Crippen LogP contribution >= 0.6 is 11.8 Å². The Balaban J connectivity index is 2.85. The van der Waals surface area contributed by atoms with Crippen LogP contribution in [0.3, 0.4) is 0 Å². The number of rotatable bonds is 5. The van der Waals surface area contributed by atoms with Crippen LogP contribution in [0.1, 0.15) is 30.2 Å². The smallest absolute Gasteiger partial charge is 0.0547 e. The van der Waals surface area contributed by atoms with Crippen molar-refractivity contribution in [2.24, 2.45) is 5.73 Å². The molecule has 0 aliphatic carbocycles. The van der Waals surface area contributed by atoms with Crippen LogP contribution < -0.4 is 5.73 Å². The van der Waals surface area contributed by atoms with E-state index in [1.54, 1.807) is 11.8 Å². The van der Waals surface area contributed by atoms with Gasteiger partial charge in [-0.3, -0.25) is 0 Å². The van der Waals surface area contributed by atoms with Crippen LogP contribution in [0.2, 0.25) is 0 Å². The summed E-state index contributed by atoms with van der Waals surface area (Å²) in [6.45, 7) is 6.32. The fourth-order valence-electron chi connectivity index (χ4n) is 1.65.